The lowest BCUT2D eigenvalue weighted by Crippen LogP contribution is -2.44. The van der Waals surface area contributed by atoms with Gasteiger partial charge in [-0.2, -0.15) is 0 Å². The highest BCUT2D eigenvalue weighted by atomic mass is 15.2. The number of anilines is 1. The second kappa shape index (κ2) is 4.75. The van der Waals surface area contributed by atoms with Crippen LogP contribution in [0.3, 0.4) is 0 Å². The Morgan fingerprint density at radius 3 is 2.41 bits per heavy atom. The van der Waals surface area contributed by atoms with Crippen LogP contribution in [0.4, 0.5) is 5.69 Å². The van der Waals surface area contributed by atoms with Gasteiger partial charge in [-0.25, -0.2) is 0 Å². The number of nitrogens with one attached hydrogen (secondary N) is 1. The molecule has 0 unspecified atom stereocenters. The minimum atomic E-state index is 0.146. The summed E-state index contributed by atoms with van der Waals surface area (Å²) in [7, 11) is 2.15. The minimum absolute atomic E-state index is 0.146. The number of benzene rings is 1. The van der Waals surface area contributed by atoms with E-state index in [1.807, 2.05) is 13.0 Å². The molecule has 0 atom stereocenters. The molecule has 1 aromatic rings. The maximum Gasteiger partial charge on any atom is 0.123 e. The van der Waals surface area contributed by atoms with E-state index in [1.165, 1.54) is 5.69 Å². The summed E-state index contributed by atoms with van der Waals surface area (Å²) >= 11 is 0. The Bertz CT molecular complexity index is 419. The molecule has 0 aromatic heterocycles. The predicted molar refractivity (Wildman–Crippen MR) is 71.9 cm³/mol. The van der Waals surface area contributed by atoms with E-state index in [1.54, 1.807) is 0 Å². The van der Waals surface area contributed by atoms with Crippen LogP contribution in [0.5, 0.6) is 0 Å². The van der Waals surface area contributed by atoms with Crippen molar-refractivity contribution in [2.45, 2.75) is 6.92 Å². The highest BCUT2D eigenvalue weighted by Crippen LogP contribution is 2.20. The molecule has 1 aromatic carbocycles. The van der Waals surface area contributed by atoms with Crippen molar-refractivity contribution >= 4 is 11.5 Å². The first-order valence-electron chi connectivity index (χ1n) is 5.96. The van der Waals surface area contributed by atoms with Gasteiger partial charge < -0.3 is 15.5 Å². The van der Waals surface area contributed by atoms with Crippen LogP contribution in [-0.2, 0) is 0 Å². The standard InChI is InChI=1S/C13H20N4/c1-10-9-11(3-4-12(10)13(14)15)17-7-5-16(2)6-8-17/h3-4,9H,5-8H2,1-2H3,(H3,14,15). The average molecular weight is 232 g/mol. The number of likely N-dealkylation sites (N-methyl/N-ethyl adjacent to an activating group) is 1. The summed E-state index contributed by atoms with van der Waals surface area (Å²) < 4.78 is 0. The van der Waals surface area contributed by atoms with Crippen molar-refractivity contribution in [3.8, 4) is 0 Å². The second-order valence-electron chi connectivity index (χ2n) is 4.70. The quantitative estimate of drug-likeness (QED) is 0.591. The number of nitrogens with two attached hydrogens (primary N) is 1. The van der Waals surface area contributed by atoms with Crippen molar-refractivity contribution in [2.24, 2.45) is 5.73 Å². The molecule has 0 aliphatic carbocycles. The SMILES string of the molecule is Cc1cc(N2CCN(C)CC2)ccc1C(=N)N. The molecule has 2 rings (SSSR count). The van der Waals surface area contributed by atoms with Crippen LogP contribution in [-0.4, -0.2) is 44.0 Å². The molecule has 1 heterocycles. The Kier molecular flexibility index (Phi) is 3.33. The summed E-state index contributed by atoms with van der Waals surface area (Å²) in [5.41, 5.74) is 8.67. The molecule has 3 N–H and O–H groups in total. The second-order valence-corrected chi connectivity index (χ2v) is 4.70. The zero-order valence-electron chi connectivity index (χ0n) is 10.5. The van der Waals surface area contributed by atoms with Gasteiger partial charge in [0.25, 0.3) is 0 Å². The normalized spacial score (nSPS) is 17.2. The molecular weight excluding hydrogens is 212 g/mol. The third-order valence-electron chi connectivity index (χ3n) is 3.37. The molecule has 1 aliphatic rings. The van der Waals surface area contributed by atoms with E-state index in [2.05, 4.69) is 29.0 Å². The molecule has 1 aliphatic heterocycles. The van der Waals surface area contributed by atoms with E-state index in [0.717, 1.165) is 37.3 Å². The van der Waals surface area contributed by atoms with Gasteiger partial charge in [0.15, 0.2) is 0 Å². The lowest BCUT2D eigenvalue weighted by atomic mass is 10.1. The number of hydrogen-bond donors (Lipinski definition) is 2. The van der Waals surface area contributed by atoms with Crippen molar-refractivity contribution < 1.29 is 0 Å². The third-order valence-corrected chi connectivity index (χ3v) is 3.37. The van der Waals surface area contributed by atoms with Crippen molar-refractivity contribution in [1.82, 2.24) is 4.90 Å². The van der Waals surface area contributed by atoms with Gasteiger partial charge in [0.2, 0.25) is 0 Å². The van der Waals surface area contributed by atoms with E-state index in [9.17, 15) is 0 Å². The van der Waals surface area contributed by atoms with Gasteiger partial charge in [0.1, 0.15) is 5.84 Å². The number of piperazine rings is 1. The van der Waals surface area contributed by atoms with Crippen LogP contribution in [0.2, 0.25) is 0 Å². The van der Waals surface area contributed by atoms with E-state index in [-0.39, 0.29) is 5.84 Å². The van der Waals surface area contributed by atoms with E-state index >= 15 is 0 Å². The van der Waals surface area contributed by atoms with Crippen LogP contribution < -0.4 is 10.6 Å². The highest BCUT2D eigenvalue weighted by Gasteiger charge is 2.14. The van der Waals surface area contributed by atoms with E-state index < -0.39 is 0 Å². The van der Waals surface area contributed by atoms with Crippen LogP contribution in [0.15, 0.2) is 18.2 Å². The maximum absolute atomic E-state index is 7.48. The summed E-state index contributed by atoms with van der Waals surface area (Å²) in [5, 5.41) is 7.48. The minimum Gasteiger partial charge on any atom is -0.384 e. The first-order chi connectivity index (χ1) is 8.08. The van der Waals surface area contributed by atoms with Crippen LogP contribution in [0.25, 0.3) is 0 Å². The maximum atomic E-state index is 7.48. The molecule has 0 radical (unpaired) electrons. The van der Waals surface area contributed by atoms with Crippen LogP contribution in [0.1, 0.15) is 11.1 Å². The van der Waals surface area contributed by atoms with Gasteiger partial charge in [-0.05, 0) is 37.7 Å². The number of hydrogen-bond acceptors (Lipinski definition) is 3. The molecule has 4 nitrogen and oxygen atoms in total. The molecule has 0 saturated carbocycles. The van der Waals surface area contributed by atoms with Crippen LogP contribution >= 0.6 is 0 Å². The molecule has 1 fully saturated rings. The monoisotopic (exact) mass is 232 g/mol. The number of nitrogen functional groups attached to an aromatic ring is 1. The number of nitrogens with zero attached hydrogens (tertiary/aromatic N) is 2. The summed E-state index contributed by atoms with van der Waals surface area (Å²) in [6.45, 7) is 6.35. The topological polar surface area (TPSA) is 56.4 Å². The van der Waals surface area contributed by atoms with Gasteiger partial charge in [0, 0.05) is 37.4 Å². The van der Waals surface area contributed by atoms with Gasteiger partial charge in [-0.3, -0.25) is 5.41 Å². The third kappa shape index (κ3) is 2.58. The molecule has 0 amide bonds. The average Bonchev–Trinajstić information content (AvgIpc) is 2.29. The fraction of sp³-hybridized carbons (Fsp3) is 0.462. The molecule has 0 bridgehead atoms. The first-order valence-corrected chi connectivity index (χ1v) is 5.96. The van der Waals surface area contributed by atoms with Crippen molar-refractivity contribution in [3.05, 3.63) is 29.3 Å². The first kappa shape index (κ1) is 11.9. The smallest absolute Gasteiger partial charge is 0.123 e. The van der Waals surface area contributed by atoms with E-state index in [4.69, 9.17) is 11.1 Å². The number of rotatable bonds is 2. The van der Waals surface area contributed by atoms with Gasteiger partial charge in [0.05, 0.1) is 0 Å². The lowest BCUT2D eigenvalue weighted by Gasteiger charge is -2.34. The molecule has 4 heteroatoms. The highest BCUT2D eigenvalue weighted by molar-refractivity contribution is 5.96. The lowest BCUT2D eigenvalue weighted by molar-refractivity contribution is 0.313. The summed E-state index contributed by atoms with van der Waals surface area (Å²) in [6, 6.07) is 6.14. The number of aryl methyl sites for hydroxylation is 1. The molecule has 92 valence electrons. The Morgan fingerprint density at radius 2 is 1.88 bits per heavy atom. The van der Waals surface area contributed by atoms with Gasteiger partial charge >= 0.3 is 0 Å². The Balaban J connectivity index is 2.17. The zero-order valence-corrected chi connectivity index (χ0v) is 10.5. The predicted octanol–water partition coefficient (Wildman–Crippen LogP) is 1.03. The van der Waals surface area contributed by atoms with Gasteiger partial charge in [-0.15, -0.1) is 0 Å². The summed E-state index contributed by atoms with van der Waals surface area (Å²) in [5.74, 6) is 0.146. The Labute approximate surface area is 103 Å². The molecule has 17 heavy (non-hydrogen) atoms. The fourth-order valence-corrected chi connectivity index (χ4v) is 2.21. The number of amidine groups is 1. The van der Waals surface area contributed by atoms with Crippen molar-refractivity contribution in [1.29, 1.82) is 5.41 Å². The van der Waals surface area contributed by atoms with Crippen LogP contribution in [0, 0.1) is 12.3 Å². The fourth-order valence-electron chi connectivity index (χ4n) is 2.21. The molecule has 1 saturated heterocycles. The Morgan fingerprint density at radius 1 is 1.24 bits per heavy atom. The molecular formula is C13H20N4. The Hall–Kier alpha value is -1.55. The summed E-state index contributed by atoms with van der Waals surface area (Å²) in [6.07, 6.45) is 0. The zero-order chi connectivity index (χ0) is 12.4. The van der Waals surface area contributed by atoms with Crippen molar-refractivity contribution in [3.63, 3.8) is 0 Å². The molecule has 0 spiro atoms. The summed E-state index contributed by atoms with van der Waals surface area (Å²) in [4.78, 5) is 4.73. The largest absolute Gasteiger partial charge is 0.384 e. The van der Waals surface area contributed by atoms with E-state index in [0.29, 0.717) is 0 Å². The van der Waals surface area contributed by atoms with Crippen molar-refractivity contribution in [2.75, 3.05) is 38.1 Å². The van der Waals surface area contributed by atoms with Gasteiger partial charge in [-0.1, -0.05) is 0 Å².